The van der Waals surface area contributed by atoms with Gasteiger partial charge in [0.05, 0.1) is 6.54 Å². The van der Waals surface area contributed by atoms with Gasteiger partial charge in [-0.25, -0.2) is 4.39 Å². The van der Waals surface area contributed by atoms with Crippen LogP contribution in [-0.4, -0.2) is 34.2 Å². The predicted octanol–water partition coefficient (Wildman–Crippen LogP) is 4.37. The molecule has 0 spiro atoms. The molecule has 2 amide bonds. The highest BCUT2D eigenvalue weighted by Crippen LogP contribution is 2.28. The first-order chi connectivity index (χ1) is 13.3. The Kier molecular flexibility index (Phi) is 6.50. The van der Waals surface area contributed by atoms with Gasteiger partial charge >= 0.3 is 0 Å². The molecule has 4 nitrogen and oxygen atoms in total. The quantitative estimate of drug-likeness (QED) is 0.658. The standard InChI is InChI=1S/C22H27FN2O2S/c1-15(2)22(27)25(19-9-10-19)14-21(26)24(13-20-11-4-16(3)28-20)12-17-5-7-18(23)8-6-17/h4-8,11,15,19H,9-10,12-14H2,1-3H3. The molecule has 2 aromatic rings. The molecule has 0 saturated heterocycles. The van der Waals surface area contributed by atoms with Gasteiger partial charge in [-0.2, -0.15) is 0 Å². The Balaban J connectivity index is 1.76. The average Bonchev–Trinajstić information content (AvgIpc) is 3.42. The van der Waals surface area contributed by atoms with E-state index in [1.807, 2.05) is 32.9 Å². The largest absolute Gasteiger partial charge is 0.332 e. The Morgan fingerprint density at radius 3 is 2.32 bits per heavy atom. The zero-order valence-electron chi connectivity index (χ0n) is 16.7. The lowest BCUT2D eigenvalue weighted by Crippen LogP contribution is -2.44. The second-order valence-corrected chi connectivity index (χ2v) is 9.11. The van der Waals surface area contributed by atoms with Gasteiger partial charge in [0, 0.05) is 28.3 Å². The summed E-state index contributed by atoms with van der Waals surface area (Å²) >= 11 is 1.66. The van der Waals surface area contributed by atoms with Crippen LogP contribution in [0.15, 0.2) is 36.4 Å². The molecule has 0 N–H and O–H groups in total. The van der Waals surface area contributed by atoms with Crippen molar-refractivity contribution in [3.8, 4) is 0 Å². The van der Waals surface area contributed by atoms with Crippen molar-refractivity contribution >= 4 is 23.2 Å². The van der Waals surface area contributed by atoms with Gasteiger partial charge in [-0.3, -0.25) is 9.59 Å². The number of hydrogen-bond donors (Lipinski definition) is 0. The van der Waals surface area contributed by atoms with E-state index in [1.54, 1.807) is 33.3 Å². The van der Waals surface area contributed by atoms with E-state index in [9.17, 15) is 14.0 Å². The fourth-order valence-corrected chi connectivity index (χ4v) is 4.06. The van der Waals surface area contributed by atoms with Gasteiger partial charge < -0.3 is 9.80 Å². The van der Waals surface area contributed by atoms with Gasteiger partial charge in [0.15, 0.2) is 0 Å². The number of amides is 2. The first-order valence-electron chi connectivity index (χ1n) is 9.71. The van der Waals surface area contributed by atoms with Gasteiger partial charge in [0.1, 0.15) is 12.4 Å². The molecule has 0 atom stereocenters. The summed E-state index contributed by atoms with van der Waals surface area (Å²) in [6.07, 6.45) is 1.93. The molecular formula is C22H27FN2O2S. The van der Waals surface area contributed by atoms with E-state index >= 15 is 0 Å². The van der Waals surface area contributed by atoms with Crippen molar-refractivity contribution in [2.75, 3.05) is 6.54 Å². The molecule has 0 aliphatic heterocycles. The maximum absolute atomic E-state index is 13.2. The monoisotopic (exact) mass is 402 g/mol. The van der Waals surface area contributed by atoms with E-state index < -0.39 is 0 Å². The minimum atomic E-state index is -0.294. The van der Waals surface area contributed by atoms with Gasteiger partial charge in [-0.15, -0.1) is 11.3 Å². The Bertz CT molecular complexity index is 827. The topological polar surface area (TPSA) is 40.6 Å². The summed E-state index contributed by atoms with van der Waals surface area (Å²) in [5, 5.41) is 0. The number of hydrogen-bond acceptors (Lipinski definition) is 3. The van der Waals surface area contributed by atoms with Crippen molar-refractivity contribution in [3.63, 3.8) is 0 Å². The Labute approximate surface area is 170 Å². The summed E-state index contributed by atoms with van der Waals surface area (Å²) in [7, 11) is 0. The lowest BCUT2D eigenvalue weighted by molar-refractivity contribution is -0.143. The van der Waals surface area contributed by atoms with Crippen LogP contribution in [0.3, 0.4) is 0 Å². The molecule has 0 bridgehead atoms. The van der Waals surface area contributed by atoms with Gasteiger partial charge in [-0.05, 0) is 49.6 Å². The van der Waals surface area contributed by atoms with E-state index in [-0.39, 0.29) is 36.1 Å². The normalized spacial score (nSPS) is 13.6. The van der Waals surface area contributed by atoms with E-state index in [2.05, 4.69) is 0 Å². The van der Waals surface area contributed by atoms with Crippen molar-refractivity contribution in [2.45, 2.75) is 52.7 Å². The number of halogens is 1. The van der Waals surface area contributed by atoms with Crippen molar-refractivity contribution < 1.29 is 14.0 Å². The van der Waals surface area contributed by atoms with Crippen LogP contribution < -0.4 is 0 Å². The third-order valence-corrected chi connectivity index (χ3v) is 5.84. The van der Waals surface area contributed by atoms with E-state index in [0.717, 1.165) is 23.3 Å². The minimum Gasteiger partial charge on any atom is -0.332 e. The zero-order valence-corrected chi connectivity index (χ0v) is 17.5. The fourth-order valence-electron chi connectivity index (χ4n) is 3.15. The van der Waals surface area contributed by atoms with Crippen molar-refractivity contribution in [3.05, 3.63) is 57.5 Å². The number of carbonyl (C=O) groups is 2. The van der Waals surface area contributed by atoms with Gasteiger partial charge in [0.25, 0.3) is 0 Å². The lowest BCUT2D eigenvalue weighted by atomic mass is 10.1. The molecule has 1 aromatic heterocycles. The van der Waals surface area contributed by atoms with Crippen LogP contribution in [0.5, 0.6) is 0 Å². The summed E-state index contributed by atoms with van der Waals surface area (Å²) in [6, 6.07) is 10.5. The molecule has 6 heteroatoms. The van der Waals surface area contributed by atoms with Crippen LogP contribution in [-0.2, 0) is 22.7 Å². The number of benzene rings is 1. The Hall–Kier alpha value is -2.21. The van der Waals surface area contributed by atoms with Crippen molar-refractivity contribution in [1.29, 1.82) is 0 Å². The van der Waals surface area contributed by atoms with Crippen LogP contribution in [0.2, 0.25) is 0 Å². The van der Waals surface area contributed by atoms with E-state index in [0.29, 0.717) is 13.1 Å². The molecule has 1 aliphatic carbocycles. The number of thiophene rings is 1. The number of aryl methyl sites for hydroxylation is 1. The molecule has 3 rings (SSSR count). The molecule has 1 heterocycles. The Morgan fingerprint density at radius 2 is 1.79 bits per heavy atom. The number of nitrogens with zero attached hydrogens (tertiary/aromatic N) is 2. The molecule has 1 aliphatic rings. The number of rotatable bonds is 8. The van der Waals surface area contributed by atoms with E-state index in [1.165, 1.54) is 17.0 Å². The fraction of sp³-hybridized carbons (Fsp3) is 0.455. The highest BCUT2D eigenvalue weighted by molar-refractivity contribution is 7.11. The number of carbonyl (C=O) groups excluding carboxylic acids is 2. The summed E-state index contributed by atoms with van der Waals surface area (Å²) in [5.41, 5.74) is 0.871. The molecule has 150 valence electrons. The van der Waals surface area contributed by atoms with Crippen LogP contribution >= 0.6 is 11.3 Å². The predicted molar refractivity (Wildman–Crippen MR) is 109 cm³/mol. The maximum atomic E-state index is 13.2. The first-order valence-corrected chi connectivity index (χ1v) is 10.5. The average molecular weight is 403 g/mol. The highest BCUT2D eigenvalue weighted by atomic mass is 32.1. The SMILES string of the molecule is Cc1ccc(CN(Cc2ccc(F)cc2)C(=O)CN(C(=O)C(C)C)C2CC2)s1. The smallest absolute Gasteiger partial charge is 0.242 e. The molecule has 1 fully saturated rings. The lowest BCUT2D eigenvalue weighted by Gasteiger charge is -2.28. The summed E-state index contributed by atoms with van der Waals surface area (Å²) in [4.78, 5) is 31.5. The molecule has 1 saturated carbocycles. The van der Waals surface area contributed by atoms with Crippen molar-refractivity contribution in [2.24, 2.45) is 5.92 Å². The third kappa shape index (κ3) is 5.41. The Morgan fingerprint density at radius 1 is 1.11 bits per heavy atom. The van der Waals surface area contributed by atoms with Crippen LogP contribution in [0.25, 0.3) is 0 Å². The first kappa shape index (κ1) is 20.5. The minimum absolute atomic E-state index is 0.0320. The van der Waals surface area contributed by atoms with Crippen LogP contribution in [0, 0.1) is 18.7 Å². The van der Waals surface area contributed by atoms with Gasteiger partial charge in [-0.1, -0.05) is 26.0 Å². The second kappa shape index (κ2) is 8.86. The zero-order chi connectivity index (χ0) is 20.3. The second-order valence-electron chi connectivity index (χ2n) is 7.74. The van der Waals surface area contributed by atoms with E-state index in [4.69, 9.17) is 0 Å². The van der Waals surface area contributed by atoms with Gasteiger partial charge in [0.2, 0.25) is 11.8 Å². The molecule has 1 aromatic carbocycles. The van der Waals surface area contributed by atoms with Crippen LogP contribution in [0.4, 0.5) is 4.39 Å². The third-order valence-electron chi connectivity index (χ3n) is 4.85. The highest BCUT2D eigenvalue weighted by Gasteiger charge is 2.35. The summed E-state index contributed by atoms with van der Waals surface area (Å²) in [6.45, 7) is 6.76. The summed E-state index contributed by atoms with van der Waals surface area (Å²) < 4.78 is 13.2. The molecular weight excluding hydrogens is 375 g/mol. The van der Waals surface area contributed by atoms with Crippen molar-refractivity contribution in [1.82, 2.24) is 9.80 Å². The molecule has 0 radical (unpaired) electrons. The molecule has 28 heavy (non-hydrogen) atoms. The summed E-state index contributed by atoms with van der Waals surface area (Å²) in [5.74, 6) is -0.460. The van der Waals surface area contributed by atoms with Crippen LogP contribution in [0.1, 0.15) is 42.0 Å². The maximum Gasteiger partial charge on any atom is 0.242 e. The molecule has 0 unspecified atom stereocenters.